The maximum atomic E-state index is 5.92. The van der Waals surface area contributed by atoms with Crippen LogP contribution in [-0.4, -0.2) is 23.8 Å². The Balaban J connectivity index is 2.05. The molecule has 4 nitrogen and oxygen atoms in total. The Morgan fingerprint density at radius 2 is 2.21 bits per heavy atom. The predicted molar refractivity (Wildman–Crippen MR) is 52.4 cm³/mol. The summed E-state index contributed by atoms with van der Waals surface area (Å²) in [6.45, 7) is 6.04. The van der Waals surface area contributed by atoms with Crippen molar-refractivity contribution in [2.45, 2.75) is 32.3 Å². The zero-order chi connectivity index (χ0) is 10.0. The van der Waals surface area contributed by atoms with Crippen molar-refractivity contribution in [3.05, 3.63) is 12.0 Å². The fourth-order valence-electron chi connectivity index (χ4n) is 1.71. The molecule has 2 heterocycles. The van der Waals surface area contributed by atoms with E-state index in [-0.39, 0.29) is 5.60 Å². The second-order valence-corrected chi connectivity index (χ2v) is 4.05. The maximum absolute atomic E-state index is 5.92. The van der Waals surface area contributed by atoms with Gasteiger partial charge in [0.1, 0.15) is 11.8 Å². The van der Waals surface area contributed by atoms with Gasteiger partial charge >= 0.3 is 0 Å². The van der Waals surface area contributed by atoms with E-state index < -0.39 is 0 Å². The molecule has 0 saturated carbocycles. The van der Waals surface area contributed by atoms with Gasteiger partial charge < -0.3 is 14.6 Å². The van der Waals surface area contributed by atoms with Crippen LogP contribution in [0.1, 0.15) is 25.5 Å². The average molecular weight is 196 g/mol. The SMILES string of the molecule is Cc1oncc1OC1(C)CCNCC1. The van der Waals surface area contributed by atoms with E-state index in [0.29, 0.717) is 0 Å². The van der Waals surface area contributed by atoms with Crippen LogP contribution in [0.3, 0.4) is 0 Å². The molecule has 0 atom stereocenters. The minimum atomic E-state index is -0.0679. The standard InChI is InChI=1S/C10H16N2O2/c1-8-9(7-12-14-8)13-10(2)3-5-11-6-4-10/h7,11H,3-6H2,1-2H3. The smallest absolute Gasteiger partial charge is 0.182 e. The number of aromatic nitrogens is 1. The first-order valence-corrected chi connectivity index (χ1v) is 5.01. The molecule has 2 rings (SSSR count). The Bertz CT molecular complexity index is 303. The van der Waals surface area contributed by atoms with E-state index in [1.165, 1.54) is 0 Å². The van der Waals surface area contributed by atoms with Gasteiger partial charge in [0.25, 0.3) is 0 Å². The van der Waals surface area contributed by atoms with Crippen molar-refractivity contribution in [1.29, 1.82) is 0 Å². The van der Waals surface area contributed by atoms with E-state index in [0.717, 1.165) is 37.4 Å². The number of hydrogen-bond donors (Lipinski definition) is 1. The molecule has 1 aliphatic heterocycles. The summed E-state index contributed by atoms with van der Waals surface area (Å²) in [4.78, 5) is 0. The predicted octanol–water partition coefficient (Wildman–Crippen LogP) is 1.50. The van der Waals surface area contributed by atoms with Gasteiger partial charge in [0.2, 0.25) is 0 Å². The van der Waals surface area contributed by atoms with Crippen molar-refractivity contribution in [2.75, 3.05) is 13.1 Å². The summed E-state index contributed by atoms with van der Waals surface area (Å²) in [5, 5.41) is 7.02. The number of hydrogen-bond acceptors (Lipinski definition) is 4. The molecule has 1 aliphatic rings. The highest BCUT2D eigenvalue weighted by Gasteiger charge is 2.29. The number of rotatable bonds is 2. The molecule has 0 radical (unpaired) electrons. The minimum Gasteiger partial charge on any atom is -0.482 e. The highest BCUT2D eigenvalue weighted by Crippen LogP contribution is 2.27. The number of aryl methyl sites for hydroxylation is 1. The molecule has 78 valence electrons. The Morgan fingerprint density at radius 3 is 2.79 bits per heavy atom. The van der Waals surface area contributed by atoms with E-state index in [1.807, 2.05) is 6.92 Å². The first-order chi connectivity index (χ1) is 6.70. The molecule has 1 N–H and O–H groups in total. The number of nitrogens with zero attached hydrogens (tertiary/aromatic N) is 1. The van der Waals surface area contributed by atoms with Gasteiger partial charge in [0.05, 0.1) is 0 Å². The molecule has 0 aliphatic carbocycles. The zero-order valence-corrected chi connectivity index (χ0v) is 8.67. The molecule has 1 aromatic heterocycles. The number of ether oxygens (including phenoxy) is 1. The molecule has 4 heteroatoms. The topological polar surface area (TPSA) is 47.3 Å². The van der Waals surface area contributed by atoms with Gasteiger partial charge in [-0.25, -0.2) is 0 Å². The summed E-state index contributed by atoms with van der Waals surface area (Å²) in [5.74, 6) is 1.53. The van der Waals surface area contributed by atoms with Crippen LogP contribution in [0.15, 0.2) is 10.7 Å². The highest BCUT2D eigenvalue weighted by molar-refractivity contribution is 5.20. The molecule has 0 spiro atoms. The van der Waals surface area contributed by atoms with Crippen LogP contribution >= 0.6 is 0 Å². The fourth-order valence-corrected chi connectivity index (χ4v) is 1.71. The molecular formula is C10H16N2O2. The van der Waals surface area contributed by atoms with Crippen molar-refractivity contribution in [1.82, 2.24) is 10.5 Å². The second kappa shape index (κ2) is 3.61. The maximum Gasteiger partial charge on any atom is 0.182 e. The van der Waals surface area contributed by atoms with Gasteiger partial charge in [0, 0.05) is 6.92 Å². The third kappa shape index (κ3) is 1.90. The normalized spacial score (nSPS) is 20.7. The first-order valence-electron chi connectivity index (χ1n) is 5.01. The molecule has 0 bridgehead atoms. The largest absolute Gasteiger partial charge is 0.482 e. The Kier molecular flexibility index (Phi) is 2.46. The highest BCUT2D eigenvalue weighted by atomic mass is 16.5. The van der Waals surface area contributed by atoms with E-state index in [2.05, 4.69) is 17.4 Å². The van der Waals surface area contributed by atoms with Gasteiger partial charge in [-0.15, -0.1) is 0 Å². The molecule has 14 heavy (non-hydrogen) atoms. The second-order valence-electron chi connectivity index (χ2n) is 4.05. The van der Waals surface area contributed by atoms with Crippen molar-refractivity contribution in [3.8, 4) is 5.75 Å². The van der Waals surface area contributed by atoms with Crippen LogP contribution in [-0.2, 0) is 0 Å². The van der Waals surface area contributed by atoms with Gasteiger partial charge in [-0.3, -0.25) is 0 Å². The van der Waals surface area contributed by atoms with Crippen LogP contribution < -0.4 is 10.1 Å². The van der Waals surface area contributed by atoms with Crippen LogP contribution in [0.5, 0.6) is 5.75 Å². The third-order valence-corrected chi connectivity index (χ3v) is 2.72. The lowest BCUT2D eigenvalue weighted by Gasteiger charge is -2.34. The Hall–Kier alpha value is -1.03. The molecule has 1 aromatic rings. The lowest BCUT2D eigenvalue weighted by molar-refractivity contribution is 0.0539. The first kappa shape index (κ1) is 9.52. The number of nitrogens with one attached hydrogen (secondary N) is 1. The molecule has 1 fully saturated rings. The van der Waals surface area contributed by atoms with E-state index in [9.17, 15) is 0 Å². The molecule has 0 unspecified atom stereocenters. The summed E-state index contributed by atoms with van der Waals surface area (Å²) in [6, 6.07) is 0. The summed E-state index contributed by atoms with van der Waals surface area (Å²) in [6.07, 6.45) is 3.69. The summed E-state index contributed by atoms with van der Waals surface area (Å²) < 4.78 is 10.9. The molecule has 0 aromatic carbocycles. The quantitative estimate of drug-likeness (QED) is 0.778. The molecule has 0 amide bonds. The van der Waals surface area contributed by atoms with Crippen molar-refractivity contribution in [3.63, 3.8) is 0 Å². The molecule has 1 saturated heterocycles. The summed E-state index contributed by atoms with van der Waals surface area (Å²) in [5.41, 5.74) is -0.0679. The van der Waals surface area contributed by atoms with Crippen LogP contribution in [0, 0.1) is 6.92 Å². The Morgan fingerprint density at radius 1 is 1.50 bits per heavy atom. The minimum absolute atomic E-state index is 0.0679. The van der Waals surface area contributed by atoms with Crippen molar-refractivity contribution in [2.24, 2.45) is 0 Å². The van der Waals surface area contributed by atoms with E-state index in [1.54, 1.807) is 6.20 Å². The lowest BCUT2D eigenvalue weighted by atomic mass is 9.94. The zero-order valence-electron chi connectivity index (χ0n) is 8.67. The lowest BCUT2D eigenvalue weighted by Crippen LogP contribution is -2.43. The average Bonchev–Trinajstić information content (AvgIpc) is 2.52. The van der Waals surface area contributed by atoms with Crippen molar-refractivity contribution >= 4 is 0 Å². The van der Waals surface area contributed by atoms with Gasteiger partial charge in [-0.1, -0.05) is 5.16 Å². The molecular weight excluding hydrogens is 180 g/mol. The van der Waals surface area contributed by atoms with Gasteiger partial charge in [-0.2, -0.15) is 0 Å². The van der Waals surface area contributed by atoms with Crippen molar-refractivity contribution < 1.29 is 9.26 Å². The van der Waals surface area contributed by atoms with Crippen LogP contribution in [0.25, 0.3) is 0 Å². The summed E-state index contributed by atoms with van der Waals surface area (Å²) in [7, 11) is 0. The monoisotopic (exact) mass is 196 g/mol. The van der Waals surface area contributed by atoms with Gasteiger partial charge in [0.15, 0.2) is 11.5 Å². The third-order valence-electron chi connectivity index (χ3n) is 2.72. The van der Waals surface area contributed by atoms with Crippen LogP contribution in [0.2, 0.25) is 0 Å². The van der Waals surface area contributed by atoms with E-state index >= 15 is 0 Å². The van der Waals surface area contributed by atoms with Gasteiger partial charge in [-0.05, 0) is 32.9 Å². The number of piperidine rings is 1. The Labute approximate surface area is 83.6 Å². The van der Waals surface area contributed by atoms with Crippen LogP contribution in [0.4, 0.5) is 0 Å². The fraction of sp³-hybridized carbons (Fsp3) is 0.700. The summed E-state index contributed by atoms with van der Waals surface area (Å²) >= 11 is 0. The van der Waals surface area contributed by atoms with E-state index in [4.69, 9.17) is 9.26 Å².